The van der Waals surface area contributed by atoms with Crippen molar-refractivity contribution in [3.63, 3.8) is 0 Å². The van der Waals surface area contributed by atoms with Crippen molar-refractivity contribution in [1.29, 1.82) is 0 Å². The van der Waals surface area contributed by atoms with Crippen molar-refractivity contribution < 1.29 is 0 Å². The predicted molar refractivity (Wildman–Crippen MR) is 70.6 cm³/mol. The van der Waals surface area contributed by atoms with Gasteiger partial charge in [0, 0.05) is 0 Å². The van der Waals surface area contributed by atoms with Crippen LogP contribution >= 0.6 is 8.58 Å². The van der Waals surface area contributed by atoms with E-state index in [1.54, 1.807) is 0 Å². The molecule has 0 aliphatic heterocycles. The maximum Gasteiger partial charge on any atom is -0.0101 e. The molecule has 78 valence electrons. The molecule has 1 atom stereocenters. The Morgan fingerprint density at radius 1 is 1.36 bits per heavy atom. The Kier molecular flexibility index (Phi) is 8.57. The van der Waals surface area contributed by atoms with E-state index in [0.29, 0.717) is 0 Å². The molecule has 0 saturated carbocycles. The first-order valence-electron chi connectivity index (χ1n) is 5.08. The molecule has 0 aromatic rings. The van der Waals surface area contributed by atoms with E-state index < -0.39 is 0 Å². The first kappa shape index (κ1) is 13.4. The Hall–Kier alpha value is -0.610. The molecule has 0 fully saturated rings. The summed E-state index contributed by atoms with van der Waals surface area (Å²) in [5, 5.41) is 0. The van der Waals surface area contributed by atoms with Crippen molar-refractivity contribution in [1.82, 2.24) is 0 Å². The molecule has 0 aliphatic carbocycles. The van der Waals surface area contributed by atoms with Crippen LogP contribution < -0.4 is 0 Å². The zero-order valence-corrected chi connectivity index (χ0v) is 10.5. The Bertz CT molecular complexity index is 244. The van der Waals surface area contributed by atoms with E-state index in [4.69, 9.17) is 0 Å². The van der Waals surface area contributed by atoms with Crippen LogP contribution in [-0.4, -0.2) is 12.8 Å². The number of allylic oxidation sites excluding steroid dienone is 7. The lowest BCUT2D eigenvalue weighted by atomic mass is 10.1. The van der Waals surface area contributed by atoms with Crippen molar-refractivity contribution in [2.24, 2.45) is 0 Å². The second kappa shape index (κ2) is 8.97. The minimum absolute atomic E-state index is 0.962. The van der Waals surface area contributed by atoms with Crippen LogP contribution in [0, 0.1) is 0 Å². The summed E-state index contributed by atoms with van der Waals surface area (Å²) in [6, 6.07) is 0. The Labute approximate surface area is 90.3 Å². The standard InChI is InChI=1S/C13H21P/c1-5-7-8-9-10-12(3)13(6-2)11-14-4/h6-10,14H,3,5,11H2,1-2,4H3/b8-7-,10-9-,13-6-. The van der Waals surface area contributed by atoms with Crippen LogP contribution in [0.5, 0.6) is 0 Å². The summed E-state index contributed by atoms with van der Waals surface area (Å²) in [7, 11) is 0.962. The summed E-state index contributed by atoms with van der Waals surface area (Å²) < 4.78 is 0. The molecule has 0 aliphatic rings. The largest absolute Gasteiger partial charge is 0.121 e. The lowest BCUT2D eigenvalue weighted by Crippen LogP contribution is -1.86. The number of hydrogen-bond donors (Lipinski definition) is 0. The van der Waals surface area contributed by atoms with Gasteiger partial charge in [-0.15, -0.1) is 8.58 Å². The van der Waals surface area contributed by atoms with E-state index >= 15 is 0 Å². The van der Waals surface area contributed by atoms with Crippen LogP contribution in [0.3, 0.4) is 0 Å². The first-order valence-corrected chi connectivity index (χ1v) is 6.79. The van der Waals surface area contributed by atoms with Gasteiger partial charge < -0.3 is 0 Å². The van der Waals surface area contributed by atoms with E-state index in [2.05, 4.69) is 57.5 Å². The zero-order valence-electron chi connectivity index (χ0n) is 9.51. The Balaban J connectivity index is 4.18. The highest BCUT2D eigenvalue weighted by atomic mass is 31.1. The summed E-state index contributed by atoms with van der Waals surface area (Å²) in [4.78, 5) is 0. The summed E-state index contributed by atoms with van der Waals surface area (Å²) in [5.74, 6) is 0. The lowest BCUT2D eigenvalue weighted by Gasteiger charge is -2.03. The highest BCUT2D eigenvalue weighted by molar-refractivity contribution is 7.37. The third kappa shape index (κ3) is 5.94. The molecule has 1 heteroatoms. The van der Waals surface area contributed by atoms with E-state index in [-0.39, 0.29) is 0 Å². The summed E-state index contributed by atoms with van der Waals surface area (Å²) in [6.45, 7) is 10.5. The maximum atomic E-state index is 4.06. The van der Waals surface area contributed by atoms with E-state index in [9.17, 15) is 0 Å². The third-order valence-corrected chi connectivity index (χ3v) is 2.64. The van der Waals surface area contributed by atoms with Gasteiger partial charge in [-0.25, -0.2) is 0 Å². The van der Waals surface area contributed by atoms with Gasteiger partial charge in [0.05, 0.1) is 0 Å². The molecule has 0 N–H and O–H groups in total. The van der Waals surface area contributed by atoms with Crippen molar-refractivity contribution in [2.45, 2.75) is 20.3 Å². The van der Waals surface area contributed by atoms with Gasteiger partial charge in [0.15, 0.2) is 0 Å². The fourth-order valence-electron chi connectivity index (χ4n) is 1.08. The molecule has 0 heterocycles. The van der Waals surface area contributed by atoms with E-state index in [1.807, 2.05) is 0 Å². The molecular weight excluding hydrogens is 187 g/mol. The van der Waals surface area contributed by atoms with Gasteiger partial charge >= 0.3 is 0 Å². The molecule has 14 heavy (non-hydrogen) atoms. The van der Waals surface area contributed by atoms with Gasteiger partial charge in [-0.2, -0.15) is 0 Å². The molecule has 0 rings (SSSR count). The minimum atomic E-state index is 0.962. The second-order valence-corrected chi connectivity index (χ2v) is 4.13. The van der Waals surface area contributed by atoms with Gasteiger partial charge in [-0.05, 0) is 37.3 Å². The molecule has 0 aromatic carbocycles. The van der Waals surface area contributed by atoms with Crippen LogP contribution in [-0.2, 0) is 0 Å². The summed E-state index contributed by atoms with van der Waals surface area (Å²) >= 11 is 0. The van der Waals surface area contributed by atoms with Crippen LogP contribution in [0.1, 0.15) is 20.3 Å². The van der Waals surface area contributed by atoms with Crippen molar-refractivity contribution in [2.75, 3.05) is 12.8 Å². The van der Waals surface area contributed by atoms with Crippen LogP contribution in [0.25, 0.3) is 0 Å². The molecule has 0 spiro atoms. The molecule has 0 radical (unpaired) electrons. The lowest BCUT2D eigenvalue weighted by molar-refractivity contribution is 1.22. The van der Waals surface area contributed by atoms with Gasteiger partial charge in [-0.1, -0.05) is 43.9 Å². The third-order valence-electron chi connectivity index (χ3n) is 1.91. The molecular formula is C13H21P. The molecule has 1 unspecified atom stereocenters. The maximum absolute atomic E-state index is 4.06. The van der Waals surface area contributed by atoms with E-state index in [1.165, 1.54) is 5.57 Å². The quantitative estimate of drug-likeness (QED) is 0.450. The molecule has 0 aromatic heterocycles. The van der Waals surface area contributed by atoms with Gasteiger partial charge in [-0.3, -0.25) is 0 Å². The topological polar surface area (TPSA) is 0 Å². The predicted octanol–water partition coefficient (Wildman–Crippen LogP) is 4.32. The van der Waals surface area contributed by atoms with Gasteiger partial charge in [0.1, 0.15) is 0 Å². The average Bonchev–Trinajstić information content (AvgIpc) is 2.20. The highest BCUT2D eigenvalue weighted by Crippen LogP contribution is 2.17. The van der Waals surface area contributed by atoms with Gasteiger partial charge in [0.25, 0.3) is 0 Å². The van der Waals surface area contributed by atoms with Gasteiger partial charge in [0.2, 0.25) is 0 Å². The van der Waals surface area contributed by atoms with Crippen LogP contribution in [0.4, 0.5) is 0 Å². The number of hydrogen-bond acceptors (Lipinski definition) is 0. The monoisotopic (exact) mass is 208 g/mol. The van der Waals surface area contributed by atoms with Crippen LogP contribution in [0.15, 0.2) is 48.1 Å². The van der Waals surface area contributed by atoms with E-state index in [0.717, 1.165) is 26.7 Å². The van der Waals surface area contributed by atoms with Crippen molar-refractivity contribution >= 4 is 8.58 Å². The molecule has 0 bridgehead atoms. The normalized spacial score (nSPS) is 13.8. The smallest absolute Gasteiger partial charge is 0.0101 e. The molecule has 0 amide bonds. The summed E-state index contributed by atoms with van der Waals surface area (Å²) in [6.07, 6.45) is 12.8. The fourth-order valence-corrected chi connectivity index (χ4v) is 1.90. The minimum Gasteiger partial charge on any atom is -0.121 e. The first-order chi connectivity index (χ1) is 6.76. The SMILES string of the molecule is C=C(/C=C\C=C/CC)/C(=C\C)CPC. The summed E-state index contributed by atoms with van der Waals surface area (Å²) in [5.41, 5.74) is 2.51. The highest BCUT2D eigenvalue weighted by Gasteiger charge is 1.95. The number of rotatable bonds is 6. The average molecular weight is 208 g/mol. The Morgan fingerprint density at radius 3 is 2.57 bits per heavy atom. The fraction of sp³-hybridized carbons (Fsp3) is 0.385. The van der Waals surface area contributed by atoms with Crippen molar-refractivity contribution in [3.05, 3.63) is 48.1 Å². The second-order valence-electron chi connectivity index (χ2n) is 3.06. The van der Waals surface area contributed by atoms with Crippen LogP contribution in [0.2, 0.25) is 0 Å². The Morgan fingerprint density at radius 2 is 2.07 bits per heavy atom. The zero-order chi connectivity index (χ0) is 10.8. The molecule has 0 nitrogen and oxygen atoms in total. The van der Waals surface area contributed by atoms with Crippen molar-refractivity contribution in [3.8, 4) is 0 Å². The molecule has 0 saturated heterocycles.